The van der Waals surface area contributed by atoms with Gasteiger partial charge in [0.15, 0.2) is 5.76 Å². The van der Waals surface area contributed by atoms with Crippen molar-refractivity contribution in [1.82, 2.24) is 4.98 Å². The fourth-order valence-electron chi connectivity index (χ4n) is 4.19. The predicted molar refractivity (Wildman–Crippen MR) is 98.4 cm³/mol. The Kier molecular flexibility index (Phi) is 2.22. The zero-order valence-corrected chi connectivity index (χ0v) is 13.1. The highest BCUT2D eigenvalue weighted by atomic mass is 16.3. The van der Waals surface area contributed by atoms with Gasteiger partial charge in [-0.05, 0) is 47.4 Å². The highest BCUT2D eigenvalue weighted by Gasteiger charge is 2.26. The number of aromatic nitrogens is 1. The van der Waals surface area contributed by atoms with Gasteiger partial charge in [0.25, 0.3) is 0 Å². The molecule has 0 saturated heterocycles. The van der Waals surface area contributed by atoms with Crippen molar-refractivity contribution in [2.75, 3.05) is 0 Å². The van der Waals surface area contributed by atoms with E-state index < -0.39 is 0 Å². The largest absolute Gasteiger partial charge is 0.454 e. The molecule has 3 aromatic carbocycles. The first kappa shape index (κ1) is 12.4. The standard InChI is InChI=1S/C22H15NO/c1-2-6-14-12-20-18(11-13(14)5-1)17-10-9-16-15-7-3-4-8-19(15)23-21(16)22(17)24-20/h1-8,11-12,23H,9-10H2. The Hall–Kier alpha value is -3.00. The Balaban J connectivity index is 1.71. The van der Waals surface area contributed by atoms with E-state index in [0.29, 0.717) is 0 Å². The van der Waals surface area contributed by atoms with Crippen LogP contribution in [0.25, 0.3) is 44.1 Å². The van der Waals surface area contributed by atoms with E-state index in [4.69, 9.17) is 4.42 Å². The van der Waals surface area contributed by atoms with Crippen LogP contribution in [0, 0.1) is 0 Å². The van der Waals surface area contributed by atoms with Gasteiger partial charge in [-0.1, -0.05) is 42.5 Å². The number of benzene rings is 3. The van der Waals surface area contributed by atoms with Gasteiger partial charge < -0.3 is 9.40 Å². The summed E-state index contributed by atoms with van der Waals surface area (Å²) in [6.07, 6.45) is 2.10. The molecule has 24 heavy (non-hydrogen) atoms. The topological polar surface area (TPSA) is 28.9 Å². The zero-order valence-electron chi connectivity index (χ0n) is 13.1. The Morgan fingerprint density at radius 1 is 0.750 bits per heavy atom. The SMILES string of the molecule is c1ccc2cc3c4c(oc3cc2c1)-c1[nH]c2ccccc2c1CC4. The summed E-state index contributed by atoms with van der Waals surface area (Å²) in [5, 5.41) is 5.08. The molecule has 114 valence electrons. The first-order chi connectivity index (χ1) is 11.9. The van der Waals surface area contributed by atoms with Crippen LogP contribution in [0.3, 0.4) is 0 Å². The highest BCUT2D eigenvalue weighted by molar-refractivity contribution is 6.01. The van der Waals surface area contributed by atoms with Gasteiger partial charge in [0.05, 0.1) is 5.69 Å². The Morgan fingerprint density at radius 2 is 1.50 bits per heavy atom. The van der Waals surface area contributed by atoms with Gasteiger partial charge in [0.2, 0.25) is 0 Å². The fourth-order valence-corrected chi connectivity index (χ4v) is 4.19. The van der Waals surface area contributed by atoms with E-state index in [1.165, 1.54) is 38.2 Å². The molecule has 1 aliphatic rings. The smallest absolute Gasteiger partial charge is 0.155 e. The number of furan rings is 1. The van der Waals surface area contributed by atoms with Crippen molar-refractivity contribution in [2.24, 2.45) is 0 Å². The molecule has 0 aliphatic heterocycles. The number of H-pyrrole nitrogens is 1. The van der Waals surface area contributed by atoms with Crippen molar-refractivity contribution in [3.8, 4) is 11.5 Å². The molecule has 0 saturated carbocycles. The van der Waals surface area contributed by atoms with Crippen molar-refractivity contribution >= 4 is 32.6 Å². The molecule has 1 N–H and O–H groups in total. The third-order valence-electron chi connectivity index (χ3n) is 5.32. The van der Waals surface area contributed by atoms with Crippen LogP contribution in [0.4, 0.5) is 0 Å². The maximum Gasteiger partial charge on any atom is 0.155 e. The minimum absolute atomic E-state index is 0.991. The molecule has 0 radical (unpaired) electrons. The number of fused-ring (bicyclic) bond motifs is 8. The van der Waals surface area contributed by atoms with E-state index in [1.54, 1.807) is 0 Å². The van der Waals surface area contributed by atoms with Gasteiger partial charge in [-0.2, -0.15) is 0 Å². The lowest BCUT2D eigenvalue weighted by Crippen LogP contribution is -2.00. The molecule has 6 rings (SSSR count). The van der Waals surface area contributed by atoms with E-state index >= 15 is 0 Å². The number of para-hydroxylation sites is 1. The lowest BCUT2D eigenvalue weighted by molar-refractivity contribution is 0.619. The van der Waals surface area contributed by atoms with Crippen molar-refractivity contribution in [3.63, 3.8) is 0 Å². The Bertz CT molecular complexity index is 1260. The average molecular weight is 309 g/mol. The fraction of sp³-hybridized carbons (Fsp3) is 0.0909. The molecule has 2 nitrogen and oxygen atoms in total. The second-order valence-corrected chi connectivity index (χ2v) is 6.63. The van der Waals surface area contributed by atoms with E-state index in [9.17, 15) is 0 Å². The summed E-state index contributed by atoms with van der Waals surface area (Å²) in [5.74, 6) is 1.03. The molecule has 0 fully saturated rings. The quantitative estimate of drug-likeness (QED) is 0.383. The summed E-state index contributed by atoms with van der Waals surface area (Å²) in [5.41, 5.74) is 6.08. The van der Waals surface area contributed by atoms with Gasteiger partial charge >= 0.3 is 0 Å². The number of rotatable bonds is 0. The molecule has 0 atom stereocenters. The van der Waals surface area contributed by atoms with Crippen molar-refractivity contribution in [1.29, 1.82) is 0 Å². The molecule has 5 aromatic rings. The van der Waals surface area contributed by atoms with Crippen LogP contribution in [0.5, 0.6) is 0 Å². The van der Waals surface area contributed by atoms with Crippen molar-refractivity contribution < 1.29 is 4.42 Å². The first-order valence-electron chi connectivity index (χ1n) is 8.42. The van der Waals surface area contributed by atoms with Gasteiger partial charge in [0, 0.05) is 21.9 Å². The maximum absolute atomic E-state index is 6.32. The lowest BCUT2D eigenvalue weighted by atomic mass is 9.92. The summed E-state index contributed by atoms with van der Waals surface area (Å²) < 4.78 is 6.32. The van der Waals surface area contributed by atoms with Crippen LogP contribution in [-0.4, -0.2) is 4.98 Å². The third-order valence-corrected chi connectivity index (χ3v) is 5.32. The van der Waals surface area contributed by atoms with E-state index in [0.717, 1.165) is 29.9 Å². The minimum Gasteiger partial charge on any atom is -0.454 e. The predicted octanol–water partition coefficient (Wildman–Crippen LogP) is 5.83. The lowest BCUT2D eigenvalue weighted by Gasteiger charge is -2.11. The maximum atomic E-state index is 6.32. The molecular weight excluding hydrogens is 294 g/mol. The van der Waals surface area contributed by atoms with Crippen LogP contribution >= 0.6 is 0 Å². The highest BCUT2D eigenvalue weighted by Crippen LogP contribution is 2.43. The van der Waals surface area contributed by atoms with Crippen LogP contribution in [-0.2, 0) is 12.8 Å². The summed E-state index contributed by atoms with van der Waals surface area (Å²) >= 11 is 0. The number of aromatic amines is 1. The number of hydrogen-bond donors (Lipinski definition) is 1. The van der Waals surface area contributed by atoms with Crippen LogP contribution in [0.1, 0.15) is 11.1 Å². The molecule has 2 heterocycles. The number of nitrogens with one attached hydrogen (secondary N) is 1. The van der Waals surface area contributed by atoms with Gasteiger partial charge in [-0.15, -0.1) is 0 Å². The molecule has 0 spiro atoms. The van der Waals surface area contributed by atoms with E-state index in [2.05, 4.69) is 65.6 Å². The first-order valence-corrected chi connectivity index (χ1v) is 8.42. The molecule has 2 heteroatoms. The van der Waals surface area contributed by atoms with Gasteiger partial charge in [0.1, 0.15) is 5.58 Å². The normalized spacial score (nSPS) is 13.5. The summed E-state index contributed by atoms with van der Waals surface area (Å²) in [6.45, 7) is 0. The van der Waals surface area contributed by atoms with Crippen LogP contribution in [0.15, 0.2) is 65.1 Å². The minimum atomic E-state index is 0.991. The Labute approximate surface area is 138 Å². The molecule has 2 aromatic heterocycles. The Morgan fingerprint density at radius 3 is 2.42 bits per heavy atom. The summed E-state index contributed by atoms with van der Waals surface area (Å²) in [6, 6.07) is 21.5. The average Bonchev–Trinajstić information content (AvgIpc) is 3.17. The molecule has 0 bridgehead atoms. The molecular formula is C22H15NO. The summed E-state index contributed by atoms with van der Waals surface area (Å²) in [4.78, 5) is 3.58. The monoisotopic (exact) mass is 309 g/mol. The van der Waals surface area contributed by atoms with Gasteiger partial charge in [-0.3, -0.25) is 0 Å². The third kappa shape index (κ3) is 1.50. The second-order valence-electron chi connectivity index (χ2n) is 6.63. The van der Waals surface area contributed by atoms with Gasteiger partial charge in [-0.25, -0.2) is 0 Å². The molecule has 0 amide bonds. The summed E-state index contributed by atoms with van der Waals surface area (Å²) in [7, 11) is 0. The molecule has 1 aliphatic carbocycles. The zero-order chi connectivity index (χ0) is 15.7. The second kappa shape index (κ2) is 4.30. The number of aryl methyl sites for hydroxylation is 2. The van der Waals surface area contributed by atoms with Crippen molar-refractivity contribution in [3.05, 3.63) is 71.8 Å². The van der Waals surface area contributed by atoms with Crippen LogP contribution < -0.4 is 0 Å². The van der Waals surface area contributed by atoms with Crippen molar-refractivity contribution in [2.45, 2.75) is 12.8 Å². The molecule has 0 unspecified atom stereocenters. The van der Waals surface area contributed by atoms with Crippen LogP contribution in [0.2, 0.25) is 0 Å². The number of hydrogen-bond acceptors (Lipinski definition) is 1. The van der Waals surface area contributed by atoms with E-state index in [-0.39, 0.29) is 0 Å². The van der Waals surface area contributed by atoms with E-state index in [1.807, 2.05) is 0 Å².